The van der Waals surface area contributed by atoms with Gasteiger partial charge in [0.25, 0.3) is 0 Å². The van der Waals surface area contributed by atoms with Gasteiger partial charge in [-0.1, -0.05) is 0 Å². The Kier molecular flexibility index (Phi) is 28.8. The van der Waals surface area contributed by atoms with Crippen molar-refractivity contribution in [3.63, 3.8) is 0 Å². The molecule has 0 N–H and O–H groups in total. The van der Waals surface area contributed by atoms with Crippen LogP contribution in [-0.4, -0.2) is 51.4 Å². The topological polar surface area (TPSA) is 57.2 Å². The van der Waals surface area contributed by atoms with Gasteiger partial charge in [-0.25, -0.2) is 0 Å². The van der Waals surface area contributed by atoms with Gasteiger partial charge in [-0.05, 0) is 0 Å². The monoisotopic (exact) mass is 204 g/mol. The van der Waals surface area contributed by atoms with E-state index in [9.17, 15) is 0 Å². The predicted octanol–water partition coefficient (Wildman–Crippen LogP) is -5.07. The molecule has 6 heteroatoms. The molecule has 0 rings (SSSR count). The molecule has 0 aromatic rings. The molecule has 0 radical (unpaired) electrons. The molecular weight excluding hydrogens is 203 g/mol. The molecule has 0 aliphatic carbocycles. The van der Waals surface area contributed by atoms with E-state index < -0.39 is 18.8 Å². The first kappa shape index (κ1) is 16.0. The third-order valence-electron chi connectivity index (χ3n) is 0. The van der Waals surface area contributed by atoms with Gasteiger partial charge in [0.05, 0.1) is 0 Å². The van der Waals surface area contributed by atoms with Crippen LogP contribution in [0.5, 0.6) is 0 Å². The van der Waals surface area contributed by atoms with Crippen LogP contribution in [0.15, 0.2) is 0 Å². The fraction of sp³-hybridized carbons (Fsp3) is 0. The van der Waals surface area contributed by atoms with Crippen LogP contribution in [0.1, 0.15) is 0 Å². The van der Waals surface area contributed by atoms with Gasteiger partial charge in [-0.3, -0.25) is 0 Å². The summed E-state index contributed by atoms with van der Waals surface area (Å²) in [6, 6.07) is 0. The van der Waals surface area contributed by atoms with Crippen molar-refractivity contribution in [3.8, 4) is 0 Å². The van der Waals surface area contributed by atoms with Crippen LogP contribution in [0.25, 0.3) is 0 Å². The molecule has 0 aliphatic rings. The first-order chi connectivity index (χ1) is 1.73. The van der Waals surface area contributed by atoms with Gasteiger partial charge in [-0.2, -0.15) is 0 Å². The second-order valence-electron chi connectivity index (χ2n) is 0.224. The van der Waals surface area contributed by atoms with Crippen molar-refractivity contribution in [2.45, 2.75) is 0 Å². The number of hydrogen-bond acceptors (Lipinski definition) is 3. The first-order valence-electron chi connectivity index (χ1n) is 0.548. The number of hydrogen-bond donors (Lipinski definition) is 0. The van der Waals surface area contributed by atoms with Crippen molar-refractivity contribution in [3.05, 3.63) is 0 Å². The second kappa shape index (κ2) is 10.8. The van der Waals surface area contributed by atoms with E-state index in [0.29, 0.717) is 0 Å². The van der Waals surface area contributed by atoms with Crippen LogP contribution in [0, 0.1) is 0 Å². The second-order valence-corrected chi connectivity index (χ2v) is 1.32. The van der Waals surface area contributed by atoms with Crippen molar-refractivity contribution in [2.75, 3.05) is 0 Å². The maximum absolute atomic E-state index is 8.60. The maximum atomic E-state index is 8.60. The predicted molar refractivity (Wildman–Crippen MR) is 8.52 cm³/mol. The molecule has 0 heterocycles. The van der Waals surface area contributed by atoms with Crippen molar-refractivity contribution < 1.29 is 58.5 Å². The van der Waals surface area contributed by atoms with Gasteiger partial charge in [0.15, 0.2) is 0 Å². The molecule has 0 saturated heterocycles. The van der Waals surface area contributed by atoms with E-state index in [-0.39, 0.29) is 80.9 Å². The Labute approximate surface area is 107 Å². The summed E-state index contributed by atoms with van der Waals surface area (Å²) in [6.45, 7) is 0. The van der Waals surface area contributed by atoms with Crippen molar-refractivity contribution in [1.29, 1.82) is 0 Å². The Hall–Kier alpha value is 2.94. The molecule has 0 bridgehead atoms. The van der Waals surface area contributed by atoms with E-state index in [1.54, 1.807) is 0 Å². The van der Waals surface area contributed by atoms with E-state index in [0.717, 1.165) is 0 Å². The standard InChI is InChI=1S/K.Na.Nb.3O.H/q;+1;;;;-1;. The summed E-state index contributed by atoms with van der Waals surface area (Å²) in [7, 11) is 0. The summed E-state index contributed by atoms with van der Waals surface area (Å²) < 4.78 is 25.8. The Morgan fingerprint density at radius 2 is 1.33 bits per heavy atom. The summed E-state index contributed by atoms with van der Waals surface area (Å²) in [4.78, 5) is 0. The normalized spacial score (nSPS) is 4.17. The van der Waals surface area contributed by atoms with E-state index in [1.807, 2.05) is 0 Å². The average molecular weight is 204 g/mol. The molecule has 0 atom stereocenters. The van der Waals surface area contributed by atoms with Crippen LogP contribution >= 0.6 is 0 Å². The van der Waals surface area contributed by atoms with Gasteiger partial charge >= 0.3 is 110 Å². The summed E-state index contributed by atoms with van der Waals surface area (Å²) >= 11 is -4.20. The quantitative estimate of drug-likeness (QED) is 0.371. The van der Waals surface area contributed by atoms with Gasteiger partial charge < -0.3 is 0 Å². The molecule has 0 fully saturated rings. The van der Waals surface area contributed by atoms with E-state index >= 15 is 0 Å². The Morgan fingerprint density at radius 1 is 1.33 bits per heavy atom. The Balaban J connectivity index is -0.0000000450. The third kappa shape index (κ3) is 28.3. The average Bonchev–Trinajstić information content (AvgIpc) is 0.811. The van der Waals surface area contributed by atoms with Crippen LogP contribution in [0.2, 0.25) is 0 Å². The number of rotatable bonds is 0. The van der Waals surface area contributed by atoms with E-state index in [1.165, 1.54) is 0 Å². The zero-order valence-corrected chi connectivity index (χ0v) is 6.87. The zero-order chi connectivity index (χ0) is 3.58. The Bertz CT molecular complexity index is 59.2. The molecule has 6 heavy (non-hydrogen) atoms. The van der Waals surface area contributed by atoms with Crippen LogP contribution in [-0.2, 0) is 25.3 Å². The zero-order valence-electron chi connectivity index (χ0n) is 2.67. The minimum absolute atomic E-state index is 0. The van der Waals surface area contributed by atoms with Crippen molar-refractivity contribution in [1.82, 2.24) is 0 Å². The molecule has 0 aliphatic heterocycles. The van der Waals surface area contributed by atoms with E-state index in [2.05, 4.69) is 0 Å². The molecule has 0 amide bonds. The summed E-state index contributed by atoms with van der Waals surface area (Å²) in [5, 5.41) is 0. The summed E-state index contributed by atoms with van der Waals surface area (Å²) in [6.07, 6.45) is 0. The molecule has 0 unspecified atom stereocenters. The van der Waals surface area contributed by atoms with Crippen LogP contribution in [0.4, 0.5) is 0 Å². The third-order valence-corrected chi connectivity index (χ3v) is 0. The van der Waals surface area contributed by atoms with Crippen molar-refractivity contribution in [2.24, 2.45) is 0 Å². The Morgan fingerprint density at radius 3 is 1.33 bits per heavy atom. The van der Waals surface area contributed by atoms with Crippen molar-refractivity contribution >= 4 is 51.4 Å². The van der Waals surface area contributed by atoms with Gasteiger partial charge in [0.2, 0.25) is 0 Å². The molecule has 0 aromatic carbocycles. The first-order valence-corrected chi connectivity index (χ1v) is 3.24. The molecule has 0 spiro atoms. The van der Waals surface area contributed by atoms with E-state index in [4.69, 9.17) is 10.1 Å². The minimum atomic E-state index is -4.20. The van der Waals surface area contributed by atoms with Gasteiger partial charge in [-0.15, -0.1) is 0 Å². The van der Waals surface area contributed by atoms with Crippen LogP contribution < -0.4 is 33.2 Å². The molecular formula is HKNaNbO3. The summed E-state index contributed by atoms with van der Waals surface area (Å²) in [5.74, 6) is 0. The fourth-order valence-electron chi connectivity index (χ4n) is 0. The molecule has 0 saturated carbocycles. The van der Waals surface area contributed by atoms with Gasteiger partial charge in [0, 0.05) is 0 Å². The molecule has 3 nitrogen and oxygen atoms in total. The van der Waals surface area contributed by atoms with Gasteiger partial charge in [0.1, 0.15) is 0 Å². The summed E-state index contributed by atoms with van der Waals surface area (Å²) in [5.41, 5.74) is 0. The van der Waals surface area contributed by atoms with Crippen LogP contribution in [0.3, 0.4) is 0 Å². The fourth-order valence-corrected chi connectivity index (χ4v) is 0. The SMILES string of the molecule is [KH].[Na+].[O]=[Nb](=[O])[O-]. The molecule has 26 valence electrons. The molecule has 0 aromatic heterocycles.